The number of urea groups is 1. The van der Waals surface area contributed by atoms with E-state index in [9.17, 15) is 14.4 Å². The minimum absolute atomic E-state index is 0.128. The molecule has 3 amide bonds. The van der Waals surface area contributed by atoms with Crippen LogP contribution in [0.2, 0.25) is 0 Å². The minimum atomic E-state index is -0.726. The zero-order chi connectivity index (χ0) is 24.8. The van der Waals surface area contributed by atoms with Gasteiger partial charge in [-0.1, -0.05) is 62.4 Å². The van der Waals surface area contributed by atoms with Gasteiger partial charge in [-0.15, -0.1) is 5.10 Å². The molecule has 0 radical (unpaired) electrons. The highest BCUT2D eigenvalue weighted by molar-refractivity contribution is 5.97. The molecule has 180 valence electrons. The van der Waals surface area contributed by atoms with Crippen LogP contribution < -0.4 is 21.6 Å². The summed E-state index contributed by atoms with van der Waals surface area (Å²) in [6.07, 6.45) is 1.67. The van der Waals surface area contributed by atoms with E-state index in [4.69, 9.17) is 0 Å². The van der Waals surface area contributed by atoms with Crippen molar-refractivity contribution >= 4 is 23.3 Å². The number of benzene rings is 2. The molecule has 0 bridgehead atoms. The molecule has 35 heavy (non-hydrogen) atoms. The monoisotopic (exact) mass is 472 g/mol. The van der Waals surface area contributed by atoms with Crippen LogP contribution in [0.15, 0.2) is 83.8 Å². The third-order valence-corrected chi connectivity index (χ3v) is 5.55. The molecule has 4 rings (SSSR count). The number of hydrogen-bond acceptors (Lipinski definition) is 4. The number of amides is 3. The van der Waals surface area contributed by atoms with E-state index in [0.29, 0.717) is 17.9 Å². The molecular weight excluding hydrogens is 444 g/mol. The summed E-state index contributed by atoms with van der Waals surface area (Å²) >= 11 is 0. The van der Waals surface area contributed by atoms with Gasteiger partial charge in [0.1, 0.15) is 6.04 Å². The number of fused-ring (bicyclic) bond motifs is 1. The van der Waals surface area contributed by atoms with Gasteiger partial charge in [-0.3, -0.25) is 9.20 Å². The summed E-state index contributed by atoms with van der Waals surface area (Å²) in [6.45, 7) is 4.36. The lowest BCUT2D eigenvalue weighted by molar-refractivity contribution is -0.118. The Morgan fingerprint density at radius 2 is 1.69 bits per heavy atom. The minimum Gasteiger partial charge on any atom is -0.334 e. The third-order valence-electron chi connectivity index (χ3n) is 5.55. The van der Waals surface area contributed by atoms with Crippen LogP contribution in [0, 0.1) is 5.92 Å². The molecule has 2 heterocycles. The van der Waals surface area contributed by atoms with Gasteiger partial charge >= 0.3 is 11.7 Å². The molecule has 3 N–H and O–H groups in total. The van der Waals surface area contributed by atoms with E-state index < -0.39 is 12.1 Å². The van der Waals surface area contributed by atoms with Crippen LogP contribution in [0.3, 0.4) is 0 Å². The molecule has 4 aromatic rings. The lowest BCUT2D eigenvalue weighted by Crippen LogP contribution is -2.50. The van der Waals surface area contributed by atoms with Crippen molar-refractivity contribution in [3.05, 3.63) is 101 Å². The zero-order valence-corrected chi connectivity index (χ0v) is 19.6. The van der Waals surface area contributed by atoms with E-state index in [0.717, 1.165) is 11.1 Å². The predicted octanol–water partition coefficient (Wildman–Crippen LogP) is 3.01. The Bertz CT molecular complexity index is 1380. The lowest BCUT2D eigenvalue weighted by Gasteiger charge is -2.22. The number of anilines is 1. The number of nitrogens with one attached hydrogen (secondary N) is 3. The van der Waals surface area contributed by atoms with Gasteiger partial charge in [0.25, 0.3) is 0 Å². The Hall–Kier alpha value is -4.40. The van der Waals surface area contributed by atoms with Crippen LogP contribution in [0.25, 0.3) is 5.65 Å². The fourth-order valence-corrected chi connectivity index (χ4v) is 3.72. The van der Waals surface area contributed by atoms with E-state index in [-0.39, 0.29) is 24.1 Å². The highest BCUT2D eigenvalue weighted by Gasteiger charge is 2.24. The van der Waals surface area contributed by atoms with Crippen LogP contribution in [0.1, 0.15) is 25.0 Å². The van der Waals surface area contributed by atoms with Crippen LogP contribution >= 0.6 is 0 Å². The standard InChI is InChI=1S/C26H28N6O3/c1-18(2)23(29-25(34)27-16-19-9-4-3-5-10-19)24(33)28-21-12-8-11-20(15-21)17-32-26(35)31-14-7-6-13-22(31)30-32/h3-15,18,23H,16-17H2,1-2H3,(H,28,33)(H2,27,29,34). The quantitative estimate of drug-likeness (QED) is 0.366. The Morgan fingerprint density at radius 3 is 2.43 bits per heavy atom. The number of nitrogens with zero attached hydrogens (tertiary/aromatic N) is 3. The topological polar surface area (TPSA) is 110 Å². The molecule has 0 saturated heterocycles. The molecule has 0 aliphatic carbocycles. The highest BCUT2D eigenvalue weighted by atomic mass is 16.2. The molecule has 1 unspecified atom stereocenters. The average molecular weight is 473 g/mol. The van der Waals surface area contributed by atoms with Crippen molar-refractivity contribution in [1.29, 1.82) is 0 Å². The second-order valence-electron chi connectivity index (χ2n) is 8.59. The molecule has 9 heteroatoms. The molecule has 0 spiro atoms. The average Bonchev–Trinajstić information content (AvgIpc) is 3.17. The summed E-state index contributed by atoms with van der Waals surface area (Å²) < 4.78 is 2.86. The van der Waals surface area contributed by atoms with Crippen molar-refractivity contribution in [2.45, 2.75) is 33.0 Å². The first-order valence-electron chi connectivity index (χ1n) is 11.4. The molecule has 2 aromatic heterocycles. The number of hydrogen-bond donors (Lipinski definition) is 3. The maximum Gasteiger partial charge on any atom is 0.350 e. The lowest BCUT2D eigenvalue weighted by atomic mass is 10.0. The molecule has 2 aromatic carbocycles. The summed E-state index contributed by atoms with van der Waals surface area (Å²) in [5.41, 5.74) is 2.68. The van der Waals surface area contributed by atoms with Gasteiger partial charge < -0.3 is 16.0 Å². The van der Waals surface area contributed by atoms with Crippen molar-refractivity contribution in [2.24, 2.45) is 5.92 Å². The van der Waals surface area contributed by atoms with Gasteiger partial charge in [-0.2, -0.15) is 0 Å². The van der Waals surface area contributed by atoms with E-state index in [1.165, 1.54) is 9.08 Å². The summed E-state index contributed by atoms with van der Waals surface area (Å²) in [5.74, 6) is -0.450. The van der Waals surface area contributed by atoms with Crippen molar-refractivity contribution in [3.8, 4) is 0 Å². The summed E-state index contributed by atoms with van der Waals surface area (Å²) in [7, 11) is 0. The Kier molecular flexibility index (Phi) is 7.25. The molecular formula is C26H28N6O3. The van der Waals surface area contributed by atoms with Gasteiger partial charge in [0.05, 0.1) is 6.54 Å². The molecule has 0 saturated carbocycles. The second-order valence-corrected chi connectivity index (χ2v) is 8.59. The first-order chi connectivity index (χ1) is 16.9. The number of rotatable bonds is 8. The Labute approximate surface area is 202 Å². The van der Waals surface area contributed by atoms with Gasteiger partial charge in [-0.25, -0.2) is 14.3 Å². The van der Waals surface area contributed by atoms with Gasteiger partial charge in [0.2, 0.25) is 5.91 Å². The highest BCUT2D eigenvalue weighted by Crippen LogP contribution is 2.14. The molecule has 0 aliphatic rings. The molecule has 9 nitrogen and oxygen atoms in total. The SMILES string of the molecule is CC(C)C(NC(=O)NCc1ccccc1)C(=O)Nc1cccc(Cn2nc3ccccn3c2=O)c1. The number of aromatic nitrogens is 3. The van der Waals surface area contributed by atoms with Crippen molar-refractivity contribution in [2.75, 3.05) is 5.32 Å². The van der Waals surface area contributed by atoms with Gasteiger partial charge in [0, 0.05) is 18.4 Å². The third kappa shape index (κ3) is 5.94. The first kappa shape index (κ1) is 23.7. The van der Waals surface area contributed by atoms with Crippen LogP contribution in [0.5, 0.6) is 0 Å². The zero-order valence-electron chi connectivity index (χ0n) is 19.6. The predicted molar refractivity (Wildman–Crippen MR) is 134 cm³/mol. The smallest absolute Gasteiger partial charge is 0.334 e. The van der Waals surface area contributed by atoms with Crippen molar-refractivity contribution in [3.63, 3.8) is 0 Å². The molecule has 0 aliphatic heterocycles. The normalized spacial score (nSPS) is 11.9. The van der Waals surface area contributed by atoms with Crippen molar-refractivity contribution in [1.82, 2.24) is 24.8 Å². The molecule has 1 atom stereocenters. The Morgan fingerprint density at radius 1 is 0.943 bits per heavy atom. The fraction of sp³-hybridized carbons (Fsp3) is 0.231. The van der Waals surface area contributed by atoms with Gasteiger partial charge in [-0.05, 0) is 41.3 Å². The maximum atomic E-state index is 13.0. The van der Waals surface area contributed by atoms with Crippen LogP contribution in [-0.4, -0.2) is 32.2 Å². The number of carbonyl (C=O) groups is 2. The summed E-state index contributed by atoms with van der Waals surface area (Å²) in [6, 6.07) is 21.0. The fourth-order valence-electron chi connectivity index (χ4n) is 3.72. The van der Waals surface area contributed by atoms with Crippen LogP contribution in [0.4, 0.5) is 10.5 Å². The van der Waals surface area contributed by atoms with E-state index in [1.54, 1.807) is 36.5 Å². The van der Waals surface area contributed by atoms with Crippen molar-refractivity contribution < 1.29 is 9.59 Å². The number of carbonyl (C=O) groups excluding carboxylic acids is 2. The van der Waals surface area contributed by atoms with E-state index in [2.05, 4.69) is 21.0 Å². The molecule has 0 fully saturated rings. The first-order valence-corrected chi connectivity index (χ1v) is 11.4. The largest absolute Gasteiger partial charge is 0.350 e. The van der Waals surface area contributed by atoms with E-state index in [1.807, 2.05) is 56.3 Å². The summed E-state index contributed by atoms with van der Waals surface area (Å²) in [5, 5.41) is 12.8. The van der Waals surface area contributed by atoms with E-state index >= 15 is 0 Å². The van der Waals surface area contributed by atoms with Crippen LogP contribution in [-0.2, 0) is 17.9 Å². The Balaban J connectivity index is 1.40. The summed E-state index contributed by atoms with van der Waals surface area (Å²) in [4.78, 5) is 37.9. The van der Waals surface area contributed by atoms with Gasteiger partial charge in [0.15, 0.2) is 5.65 Å². The maximum absolute atomic E-state index is 13.0. The second kappa shape index (κ2) is 10.7. The number of pyridine rings is 1.